The third-order valence-corrected chi connectivity index (χ3v) is 4.52. The zero-order chi connectivity index (χ0) is 13.6. The van der Waals surface area contributed by atoms with E-state index in [4.69, 9.17) is 14.8 Å². The summed E-state index contributed by atoms with van der Waals surface area (Å²) >= 11 is 0. The molecule has 7 heteroatoms. The van der Waals surface area contributed by atoms with Crippen LogP contribution in [0.3, 0.4) is 0 Å². The van der Waals surface area contributed by atoms with Gasteiger partial charge in [-0.25, -0.2) is 0 Å². The van der Waals surface area contributed by atoms with E-state index in [1.54, 1.807) is 0 Å². The van der Waals surface area contributed by atoms with Gasteiger partial charge in [-0.05, 0) is 32.1 Å². The lowest BCUT2D eigenvalue weighted by Gasteiger charge is -2.17. The second-order valence-corrected chi connectivity index (χ2v) is 5.93. The van der Waals surface area contributed by atoms with Gasteiger partial charge in [0, 0.05) is 12.0 Å². The Bertz CT molecular complexity index is 631. The van der Waals surface area contributed by atoms with Crippen molar-refractivity contribution in [3.8, 4) is 11.6 Å². The molecule has 2 aromatic rings. The zero-order valence-electron chi connectivity index (χ0n) is 11.8. The third kappa shape index (κ3) is 2.36. The summed E-state index contributed by atoms with van der Waals surface area (Å²) in [5, 5.41) is 8.20. The Labute approximate surface area is 128 Å². The van der Waals surface area contributed by atoms with Crippen molar-refractivity contribution in [3.05, 3.63) is 17.1 Å². The molecule has 2 heterocycles. The van der Waals surface area contributed by atoms with Crippen LogP contribution in [0.2, 0.25) is 0 Å². The maximum atomic E-state index is 6.36. The summed E-state index contributed by atoms with van der Waals surface area (Å²) in [4.78, 5) is 4.49. The molecule has 0 bridgehead atoms. The summed E-state index contributed by atoms with van der Waals surface area (Å²) in [5.41, 5.74) is 7.77. The van der Waals surface area contributed by atoms with E-state index in [-0.39, 0.29) is 12.4 Å². The van der Waals surface area contributed by atoms with Crippen LogP contribution < -0.4 is 5.73 Å². The number of halogens is 1. The van der Waals surface area contributed by atoms with E-state index < -0.39 is 5.54 Å². The van der Waals surface area contributed by atoms with Crippen LogP contribution >= 0.6 is 12.4 Å². The molecular formula is C14H19ClN4O2. The predicted molar refractivity (Wildman–Crippen MR) is 78.0 cm³/mol. The van der Waals surface area contributed by atoms with Crippen molar-refractivity contribution in [1.29, 1.82) is 0 Å². The fraction of sp³-hybridized carbons (Fsp3) is 0.643. The Morgan fingerprint density at radius 3 is 2.52 bits per heavy atom. The largest absolute Gasteiger partial charge is 0.360 e. The van der Waals surface area contributed by atoms with Crippen molar-refractivity contribution >= 4 is 12.4 Å². The van der Waals surface area contributed by atoms with Crippen LogP contribution in [0.1, 0.15) is 55.7 Å². The Morgan fingerprint density at radius 1 is 0.952 bits per heavy atom. The zero-order valence-corrected chi connectivity index (χ0v) is 12.6. The molecule has 4 rings (SSSR count). The van der Waals surface area contributed by atoms with E-state index in [0.29, 0.717) is 17.4 Å². The minimum Gasteiger partial charge on any atom is -0.360 e. The second kappa shape index (κ2) is 5.42. The first-order chi connectivity index (χ1) is 9.76. The Kier molecular flexibility index (Phi) is 3.75. The Hall–Kier alpha value is -1.40. The number of hydrogen-bond acceptors (Lipinski definition) is 6. The molecule has 0 aromatic carbocycles. The lowest BCUT2D eigenvalue weighted by Crippen LogP contribution is -2.34. The molecule has 0 radical (unpaired) electrons. The number of aromatic nitrogens is 3. The average molecular weight is 311 g/mol. The number of nitrogens with zero attached hydrogens (tertiary/aromatic N) is 3. The SMILES string of the molecule is Cl.NC1(c2noc(-c3noc4c3CCCC4)n2)CCCC1. The monoisotopic (exact) mass is 310 g/mol. The van der Waals surface area contributed by atoms with E-state index in [1.807, 2.05) is 0 Å². The highest BCUT2D eigenvalue weighted by atomic mass is 35.5. The van der Waals surface area contributed by atoms with Crippen molar-refractivity contribution in [2.45, 2.75) is 56.9 Å². The number of hydrogen-bond donors (Lipinski definition) is 1. The number of nitrogens with two attached hydrogens (primary N) is 1. The van der Waals surface area contributed by atoms with Crippen LogP contribution in [-0.2, 0) is 18.4 Å². The van der Waals surface area contributed by atoms with Crippen LogP contribution in [0, 0.1) is 0 Å². The van der Waals surface area contributed by atoms with Gasteiger partial charge in [0.15, 0.2) is 11.5 Å². The van der Waals surface area contributed by atoms with E-state index in [2.05, 4.69) is 15.3 Å². The highest BCUT2D eigenvalue weighted by molar-refractivity contribution is 5.85. The van der Waals surface area contributed by atoms with Gasteiger partial charge in [0.1, 0.15) is 5.76 Å². The van der Waals surface area contributed by atoms with Gasteiger partial charge >= 0.3 is 0 Å². The van der Waals surface area contributed by atoms with Gasteiger partial charge in [-0.2, -0.15) is 4.98 Å². The quantitative estimate of drug-likeness (QED) is 0.917. The molecule has 0 saturated heterocycles. The fourth-order valence-corrected chi connectivity index (χ4v) is 3.30. The smallest absolute Gasteiger partial charge is 0.280 e. The predicted octanol–water partition coefficient (Wildman–Crippen LogP) is 2.75. The summed E-state index contributed by atoms with van der Waals surface area (Å²) in [6.07, 6.45) is 8.32. The first-order valence-electron chi connectivity index (χ1n) is 7.37. The molecular weight excluding hydrogens is 292 g/mol. The van der Waals surface area contributed by atoms with Crippen molar-refractivity contribution < 1.29 is 9.05 Å². The van der Waals surface area contributed by atoms with Gasteiger partial charge in [0.2, 0.25) is 0 Å². The molecule has 6 nitrogen and oxygen atoms in total. The van der Waals surface area contributed by atoms with Gasteiger partial charge in [0.05, 0.1) is 5.54 Å². The average Bonchev–Trinajstić information content (AvgIpc) is 3.16. The van der Waals surface area contributed by atoms with Gasteiger partial charge in [-0.3, -0.25) is 0 Å². The molecule has 0 spiro atoms. The van der Waals surface area contributed by atoms with Crippen LogP contribution in [-0.4, -0.2) is 15.3 Å². The lowest BCUT2D eigenvalue weighted by molar-refractivity contribution is 0.363. The third-order valence-electron chi connectivity index (χ3n) is 4.52. The first-order valence-corrected chi connectivity index (χ1v) is 7.37. The summed E-state index contributed by atoms with van der Waals surface area (Å²) in [5.74, 6) is 2.02. The second-order valence-electron chi connectivity index (χ2n) is 5.93. The molecule has 21 heavy (non-hydrogen) atoms. The molecule has 2 aromatic heterocycles. The van der Waals surface area contributed by atoms with Gasteiger partial charge in [-0.1, -0.05) is 23.2 Å². The van der Waals surface area contributed by atoms with Crippen molar-refractivity contribution in [2.24, 2.45) is 5.73 Å². The van der Waals surface area contributed by atoms with Gasteiger partial charge < -0.3 is 14.8 Å². The molecule has 2 N–H and O–H groups in total. The molecule has 2 aliphatic rings. The number of rotatable bonds is 2. The maximum absolute atomic E-state index is 6.36. The molecule has 114 valence electrons. The normalized spacial score (nSPS) is 20.0. The molecule has 0 unspecified atom stereocenters. The van der Waals surface area contributed by atoms with E-state index in [1.165, 1.54) is 0 Å². The molecule has 2 aliphatic carbocycles. The fourth-order valence-electron chi connectivity index (χ4n) is 3.30. The van der Waals surface area contributed by atoms with Gasteiger partial charge in [0.25, 0.3) is 5.89 Å². The van der Waals surface area contributed by atoms with Crippen molar-refractivity contribution in [2.75, 3.05) is 0 Å². The maximum Gasteiger partial charge on any atom is 0.280 e. The molecule has 1 saturated carbocycles. The Balaban J connectivity index is 0.00000132. The van der Waals surface area contributed by atoms with Crippen molar-refractivity contribution in [3.63, 3.8) is 0 Å². The summed E-state index contributed by atoms with van der Waals surface area (Å²) in [7, 11) is 0. The number of fused-ring (bicyclic) bond motifs is 1. The van der Waals surface area contributed by atoms with Crippen molar-refractivity contribution in [1.82, 2.24) is 15.3 Å². The van der Waals surface area contributed by atoms with Crippen LogP contribution in [0.25, 0.3) is 11.6 Å². The highest BCUT2D eigenvalue weighted by Crippen LogP contribution is 2.36. The van der Waals surface area contributed by atoms with E-state index in [9.17, 15) is 0 Å². The minimum absolute atomic E-state index is 0. The van der Waals surface area contributed by atoms with Crippen LogP contribution in [0.5, 0.6) is 0 Å². The summed E-state index contributed by atoms with van der Waals surface area (Å²) in [6, 6.07) is 0. The molecule has 0 aliphatic heterocycles. The number of aryl methyl sites for hydroxylation is 1. The molecule has 1 fully saturated rings. The lowest BCUT2D eigenvalue weighted by atomic mass is 9.96. The molecule has 0 amide bonds. The standard InChI is InChI=1S/C14H18N4O2.ClH/c15-14(7-3-4-8-14)13-16-12(20-18-13)11-9-5-1-2-6-10(9)19-17-11;/h1-8,15H2;1H. The molecule has 0 atom stereocenters. The Morgan fingerprint density at radius 2 is 1.71 bits per heavy atom. The minimum atomic E-state index is -0.425. The summed E-state index contributed by atoms with van der Waals surface area (Å²) < 4.78 is 10.8. The van der Waals surface area contributed by atoms with Crippen LogP contribution in [0.4, 0.5) is 0 Å². The van der Waals surface area contributed by atoms with E-state index >= 15 is 0 Å². The highest BCUT2D eigenvalue weighted by Gasteiger charge is 2.36. The van der Waals surface area contributed by atoms with E-state index in [0.717, 1.165) is 62.7 Å². The van der Waals surface area contributed by atoms with Gasteiger partial charge in [-0.15, -0.1) is 12.4 Å². The topological polar surface area (TPSA) is 91.0 Å². The summed E-state index contributed by atoms with van der Waals surface area (Å²) in [6.45, 7) is 0. The first kappa shape index (κ1) is 14.5. The van der Waals surface area contributed by atoms with Crippen LogP contribution in [0.15, 0.2) is 9.05 Å².